The summed E-state index contributed by atoms with van der Waals surface area (Å²) in [5.74, 6) is -0.940. The summed E-state index contributed by atoms with van der Waals surface area (Å²) in [5.41, 5.74) is 1.94. The molecule has 1 N–H and O–H groups in total. The minimum Gasteiger partial charge on any atom is -0.478 e. The first-order valence-electron chi connectivity index (χ1n) is 4.54. The van der Waals surface area contributed by atoms with Gasteiger partial charge in [0.05, 0.1) is 11.3 Å². The molecule has 0 bridgehead atoms. The number of benzene rings is 1. The van der Waals surface area contributed by atoms with Crippen LogP contribution in [-0.2, 0) is 5.41 Å². The Morgan fingerprint density at radius 1 is 1.47 bits per heavy atom. The topological polar surface area (TPSA) is 49.7 Å². The zero-order valence-corrected chi connectivity index (χ0v) is 10.00. The normalized spacial score (nSPS) is 16.5. The lowest BCUT2D eigenvalue weighted by molar-refractivity contribution is 0.0696. The molecule has 1 aromatic rings. The molecule has 4 heteroatoms. The highest BCUT2D eigenvalue weighted by atomic mass is 79.9. The molecule has 78 valence electrons. The SMILES string of the molecule is CC1(C)C=Nc2cc(C(=O)O)c(Br)cc21. The predicted molar refractivity (Wildman–Crippen MR) is 62.3 cm³/mol. The Kier molecular flexibility index (Phi) is 2.19. The summed E-state index contributed by atoms with van der Waals surface area (Å²) in [6.07, 6.45) is 1.84. The molecule has 0 saturated heterocycles. The van der Waals surface area contributed by atoms with E-state index in [1.807, 2.05) is 12.3 Å². The average molecular weight is 268 g/mol. The lowest BCUT2D eigenvalue weighted by Gasteiger charge is -2.16. The monoisotopic (exact) mass is 267 g/mol. The molecule has 1 aromatic carbocycles. The van der Waals surface area contributed by atoms with Crippen LogP contribution in [0.15, 0.2) is 21.6 Å². The molecule has 0 saturated carbocycles. The molecule has 0 aliphatic carbocycles. The van der Waals surface area contributed by atoms with Crippen molar-refractivity contribution in [3.05, 3.63) is 27.7 Å². The Morgan fingerprint density at radius 2 is 2.13 bits per heavy atom. The highest BCUT2D eigenvalue weighted by Crippen LogP contribution is 2.39. The number of nitrogens with zero attached hydrogens (tertiary/aromatic N) is 1. The summed E-state index contributed by atoms with van der Waals surface area (Å²) < 4.78 is 0.604. The second-order valence-corrected chi connectivity index (χ2v) is 4.99. The van der Waals surface area contributed by atoms with E-state index in [-0.39, 0.29) is 11.0 Å². The maximum Gasteiger partial charge on any atom is 0.336 e. The van der Waals surface area contributed by atoms with Gasteiger partial charge in [0.1, 0.15) is 0 Å². The van der Waals surface area contributed by atoms with Gasteiger partial charge in [-0.05, 0) is 33.6 Å². The number of carboxylic acids is 1. The second-order valence-electron chi connectivity index (χ2n) is 4.13. The van der Waals surface area contributed by atoms with Crippen LogP contribution >= 0.6 is 15.9 Å². The standard InChI is InChI=1S/C11H10BrNO2/c1-11(2)5-13-9-3-6(10(14)15)8(12)4-7(9)11/h3-5H,1-2H3,(H,14,15). The van der Waals surface area contributed by atoms with Gasteiger partial charge in [-0.1, -0.05) is 13.8 Å². The first-order chi connectivity index (χ1) is 6.92. The fourth-order valence-corrected chi connectivity index (χ4v) is 2.16. The third kappa shape index (κ3) is 1.59. The van der Waals surface area contributed by atoms with Crippen molar-refractivity contribution in [2.45, 2.75) is 19.3 Å². The van der Waals surface area contributed by atoms with Crippen molar-refractivity contribution in [1.82, 2.24) is 0 Å². The zero-order chi connectivity index (χ0) is 11.2. The molecule has 1 aliphatic rings. The Hall–Kier alpha value is -1.16. The molecular weight excluding hydrogens is 258 g/mol. The van der Waals surface area contributed by atoms with Gasteiger partial charge in [-0.3, -0.25) is 4.99 Å². The first-order valence-corrected chi connectivity index (χ1v) is 5.33. The van der Waals surface area contributed by atoms with Crippen LogP contribution < -0.4 is 0 Å². The number of aromatic carboxylic acids is 1. The molecule has 15 heavy (non-hydrogen) atoms. The molecule has 0 spiro atoms. The van der Waals surface area contributed by atoms with Crippen molar-refractivity contribution >= 4 is 33.8 Å². The van der Waals surface area contributed by atoms with E-state index in [9.17, 15) is 4.79 Å². The maximum atomic E-state index is 10.9. The van der Waals surface area contributed by atoms with Crippen molar-refractivity contribution in [3.8, 4) is 0 Å². The third-order valence-corrected chi connectivity index (χ3v) is 3.19. The molecule has 0 fully saturated rings. The summed E-state index contributed by atoms with van der Waals surface area (Å²) in [7, 11) is 0. The lowest BCUT2D eigenvalue weighted by atomic mass is 9.87. The maximum absolute atomic E-state index is 10.9. The zero-order valence-electron chi connectivity index (χ0n) is 8.41. The molecule has 0 radical (unpaired) electrons. The van der Waals surface area contributed by atoms with Crippen LogP contribution in [0.3, 0.4) is 0 Å². The van der Waals surface area contributed by atoms with Gasteiger partial charge in [0.15, 0.2) is 0 Å². The van der Waals surface area contributed by atoms with Gasteiger partial charge in [0.25, 0.3) is 0 Å². The van der Waals surface area contributed by atoms with Crippen LogP contribution in [0.5, 0.6) is 0 Å². The van der Waals surface area contributed by atoms with Crippen LogP contribution in [-0.4, -0.2) is 17.3 Å². The largest absolute Gasteiger partial charge is 0.478 e. The molecular formula is C11H10BrNO2. The van der Waals surface area contributed by atoms with Crippen molar-refractivity contribution in [2.24, 2.45) is 4.99 Å². The van der Waals surface area contributed by atoms with Crippen LogP contribution in [0.1, 0.15) is 29.8 Å². The summed E-state index contributed by atoms with van der Waals surface area (Å²) in [4.78, 5) is 15.1. The number of rotatable bonds is 1. The Morgan fingerprint density at radius 3 is 2.73 bits per heavy atom. The second kappa shape index (κ2) is 3.17. The highest BCUT2D eigenvalue weighted by molar-refractivity contribution is 9.10. The first kappa shape index (κ1) is 10.4. The van der Waals surface area contributed by atoms with E-state index in [0.29, 0.717) is 4.47 Å². The van der Waals surface area contributed by atoms with Gasteiger partial charge >= 0.3 is 5.97 Å². The summed E-state index contributed by atoms with van der Waals surface area (Å²) >= 11 is 3.27. The van der Waals surface area contributed by atoms with Crippen molar-refractivity contribution in [2.75, 3.05) is 0 Å². The predicted octanol–water partition coefficient (Wildman–Crippen LogP) is 3.14. The molecule has 0 aromatic heterocycles. The van der Waals surface area contributed by atoms with Crippen molar-refractivity contribution < 1.29 is 9.90 Å². The van der Waals surface area contributed by atoms with Crippen molar-refractivity contribution in [3.63, 3.8) is 0 Å². The van der Waals surface area contributed by atoms with E-state index in [2.05, 4.69) is 34.8 Å². The van der Waals surface area contributed by atoms with Crippen LogP contribution in [0.2, 0.25) is 0 Å². The quantitative estimate of drug-likeness (QED) is 0.850. The van der Waals surface area contributed by atoms with E-state index in [1.54, 1.807) is 6.07 Å². The van der Waals surface area contributed by atoms with Gasteiger partial charge in [0.2, 0.25) is 0 Å². The smallest absolute Gasteiger partial charge is 0.336 e. The van der Waals surface area contributed by atoms with E-state index in [0.717, 1.165) is 11.3 Å². The molecule has 2 rings (SSSR count). The molecule has 1 heterocycles. The third-order valence-electron chi connectivity index (χ3n) is 2.54. The molecule has 0 atom stereocenters. The van der Waals surface area contributed by atoms with Gasteiger partial charge in [0, 0.05) is 16.1 Å². The molecule has 3 nitrogen and oxygen atoms in total. The number of carboxylic acid groups (broad SMARTS) is 1. The van der Waals surface area contributed by atoms with Gasteiger partial charge in [-0.15, -0.1) is 0 Å². The minimum absolute atomic E-state index is 0.116. The van der Waals surface area contributed by atoms with E-state index < -0.39 is 5.97 Å². The Balaban J connectivity index is 2.64. The summed E-state index contributed by atoms with van der Waals surface area (Å²) in [6, 6.07) is 3.44. The van der Waals surface area contributed by atoms with E-state index in [1.165, 1.54) is 0 Å². The van der Waals surface area contributed by atoms with Crippen LogP contribution in [0.25, 0.3) is 0 Å². The number of hydrogen-bond acceptors (Lipinski definition) is 2. The van der Waals surface area contributed by atoms with Crippen LogP contribution in [0.4, 0.5) is 5.69 Å². The number of carbonyl (C=O) groups is 1. The Labute approximate surface area is 96.0 Å². The van der Waals surface area contributed by atoms with Gasteiger partial charge in [-0.25, -0.2) is 4.79 Å². The fraction of sp³-hybridized carbons (Fsp3) is 0.273. The molecule has 1 aliphatic heterocycles. The number of halogens is 1. The van der Waals surface area contributed by atoms with Gasteiger partial charge < -0.3 is 5.11 Å². The van der Waals surface area contributed by atoms with E-state index in [4.69, 9.17) is 5.11 Å². The van der Waals surface area contributed by atoms with Crippen LogP contribution in [0, 0.1) is 0 Å². The van der Waals surface area contributed by atoms with Gasteiger partial charge in [-0.2, -0.15) is 0 Å². The number of aliphatic imine (C=N–C) groups is 1. The van der Waals surface area contributed by atoms with Crippen molar-refractivity contribution in [1.29, 1.82) is 0 Å². The summed E-state index contributed by atoms with van der Waals surface area (Å²) in [5, 5.41) is 8.95. The lowest BCUT2D eigenvalue weighted by Crippen LogP contribution is -2.15. The van der Waals surface area contributed by atoms with E-state index >= 15 is 0 Å². The number of hydrogen-bond donors (Lipinski definition) is 1. The molecule has 0 amide bonds. The molecule has 0 unspecified atom stereocenters. The summed E-state index contributed by atoms with van der Waals surface area (Å²) in [6.45, 7) is 4.10. The highest BCUT2D eigenvalue weighted by Gasteiger charge is 2.28. The average Bonchev–Trinajstić information content (AvgIpc) is 2.41. The number of fused-ring (bicyclic) bond motifs is 1. The fourth-order valence-electron chi connectivity index (χ4n) is 1.65. The Bertz CT molecular complexity index is 478. The minimum atomic E-state index is -0.940.